The van der Waals surface area contributed by atoms with E-state index in [1.807, 2.05) is 18.9 Å². The molecule has 2 aliphatic rings. The number of nitrogens with zero attached hydrogens (tertiary/aromatic N) is 1. The van der Waals surface area contributed by atoms with Gasteiger partial charge in [-0.25, -0.2) is 0 Å². The van der Waals surface area contributed by atoms with Gasteiger partial charge in [0.15, 0.2) is 0 Å². The monoisotopic (exact) mass is 210 g/mol. The first-order chi connectivity index (χ1) is 7.15. The van der Waals surface area contributed by atoms with Crippen LogP contribution >= 0.6 is 0 Å². The molecule has 0 heterocycles. The zero-order valence-electron chi connectivity index (χ0n) is 9.78. The Bertz CT molecular complexity index is 234. The Morgan fingerprint density at radius 2 is 1.80 bits per heavy atom. The molecule has 2 rings (SSSR count). The van der Waals surface area contributed by atoms with Crippen LogP contribution in [0.1, 0.15) is 39.0 Å². The molecule has 2 aliphatic carbocycles. The molecule has 0 saturated heterocycles. The van der Waals surface area contributed by atoms with E-state index < -0.39 is 0 Å². The zero-order valence-corrected chi connectivity index (χ0v) is 9.78. The van der Waals surface area contributed by atoms with Crippen molar-refractivity contribution < 1.29 is 4.79 Å². The average Bonchev–Trinajstić information content (AvgIpc) is 3.07. The Balaban J connectivity index is 1.97. The minimum absolute atomic E-state index is 0.140. The normalized spacial score (nSPS) is 22.9. The molecule has 0 aliphatic heterocycles. The van der Waals surface area contributed by atoms with E-state index >= 15 is 0 Å². The molecule has 3 heteroatoms. The maximum Gasteiger partial charge on any atom is 0.239 e. The third kappa shape index (κ3) is 2.33. The lowest BCUT2D eigenvalue weighted by Crippen LogP contribution is -2.47. The number of hydrogen-bond donors (Lipinski definition) is 1. The van der Waals surface area contributed by atoms with Gasteiger partial charge in [0.25, 0.3) is 0 Å². The van der Waals surface area contributed by atoms with Gasteiger partial charge in [-0.2, -0.15) is 0 Å². The molecular formula is C12H22N2O. The van der Waals surface area contributed by atoms with E-state index in [0.717, 1.165) is 18.3 Å². The van der Waals surface area contributed by atoms with Gasteiger partial charge in [0.1, 0.15) is 0 Å². The van der Waals surface area contributed by atoms with Crippen molar-refractivity contribution in [2.75, 3.05) is 7.05 Å². The molecule has 2 saturated carbocycles. The van der Waals surface area contributed by atoms with Crippen LogP contribution in [0.5, 0.6) is 0 Å². The van der Waals surface area contributed by atoms with Crippen LogP contribution in [0.2, 0.25) is 0 Å². The minimum atomic E-state index is -0.296. The molecule has 2 fully saturated rings. The van der Waals surface area contributed by atoms with Crippen molar-refractivity contribution in [2.45, 2.75) is 51.1 Å². The van der Waals surface area contributed by atoms with Crippen molar-refractivity contribution in [3.8, 4) is 0 Å². The Labute approximate surface area is 92.0 Å². The summed E-state index contributed by atoms with van der Waals surface area (Å²) < 4.78 is 0. The van der Waals surface area contributed by atoms with Gasteiger partial charge in [-0.3, -0.25) is 4.79 Å². The average molecular weight is 210 g/mol. The smallest absolute Gasteiger partial charge is 0.239 e. The molecule has 0 aromatic heterocycles. The van der Waals surface area contributed by atoms with Gasteiger partial charge in [-0.15, -0.1) is 0 Å². The standard InChI is InChI=1S/C12H22N2O/c1-3-10(13)12(15)14(2)11(8-4-5-8)9-6-7-9/h8-11H,3-7,13H2,1-2H3/t10-/m0/s1. The predicted molar refractivity (Wildman–Crippen MR) is 60.3 cm³/mol. The van der Waals surface area contributed by atoms with E-state index in [0.29, 0.717) is 6.04 Å². The fourth-order valence-corrected chi connectivity index (χ4v) is 2.48. The lowest BCUT2D eigenvalue weighted by atomic mass is 10.0. The van der Waals surface area contributed by atoms with E-state index in [1.54, 1.807) is 0 Å². The Kier molecular flexibility index (Phi) is 3.01. The summed E-state index contributed by atoms with van der Waals surface area (Å²) in [7, 11) is 1.94. The fourth-order valence-electron chi connectivity index (χ4n) is 2.48. The lowest BCUT2D eigenvalue weighted by molar-refractivity contribution is -0.134. The molecule has 86 valence electrons. The van der Waals surface area contributed by atoms with E-state index in [-0.39, 0.29) is 11.9 Å². The largest absolute Gasteiger partial charge is 0.341 e. The third-order valence-corrected chi connectivity index (χ3v) is 3.76. The van der Waals surface area contributed by atoms with Crippen LogP contribution in [-0.2, 0) is 4.79 Å². The summed E-state index contributed by atoms with van der Waals surface area (Å²) in [5.74, 6) is 1.69. The molecule has 15 heavy (non-hydrogen) atoms. The van der Waals surface area contributed by atoms with E-state index in [2.05, 4.69) is 0 Å². The van der Waals surface area contributed by atoms with Gasteiger partial charge in [0.2, 0.25) is 5.91 Å². The first-order valence-electron chi connectivity index (χ1n) is 6.17. The van der Waals surface area contributed by atoms with Gasteiger partial charge in [0.05, 0.1) is 6.04 Å². The molecule has 3 nitrogen and oxygen atoms in total. The quantitative estimate of drug-likeness (QED) is 0.745. The van der Waals surface area contributed by atoms with Crippen LogP contribution in [-0.4, -0.2) is 29.9 Å². The zero-order chi connectivity index (χ0) is 11.0. The molecule has 0 aromatic rings. The van der Waals surface area contributed by atoms with E-state index in [1.165, 1.54) is 25.7 Å². The van der Waals surface area contributed by atoms with Crippen molar-refractivity contribution in [1.29, 1.82) is 0 Å². The number of amides is 1. The van der Waals surface area contributed by atoms with Gasteiger partial charge in [-0.1, -0.05) is 6.92 Å². The topological polar surface area (TPSA) is 46.3 Å². The van der Waals surface area contributed by atoms with Crippen LogP contribution in [0.4, 0.5) is 0 Å². The summed E-state index contributed by atoms with van der Waals surface area (Å²) in [6.45, 7) is 1.97. The molecule has 0 aromatic carbocycles. The van der Waals surface area contributed by atoms with Gasteiger partial charge >= 0.3 is 0 Å². The second-order valence-electron chi connectivity index (χ2n) is 5.13. The molecule has 1 atom stereocenters. The van der Waals surface area contributed by atoms with Gasteiger partial charge < -0.3 is 10.6 Å². The van der Waals surface area contributed by atoms with Gasteiger partial charge in [0, 0.05) is 13.1 Å². The number of nitrogens with two attached hydrogens (primary N) is 1. The molecular weight excluding hydrogens is 188 g/mol. The number of carbonyl (C=O) groups is 1. The van der Waals surface area contributed by atoms with E-state index in [9.17, 15) is 4.79 Å². The molecule has 0 radical (unpaired) electrons. The highest BCUT2D eigenvalue weighted by Gasteiger charge is 2.45. The highest BCUT2D eigenvalue weighted by atomic mass is 16.2. The molecule has 0 unspecified atom stereocenters. The molecule has 0 spiro atoms. The van der Waals surface area contributed by atoms with Crippen LogP contribution in [0, 0.1) is 11.8 Å². The second kappa shape index (κ2) is 4.12. The summed E-state index contributed by atoms with van der Waals surface area (Å²) in [5.41, 5.74) is 5.81. The van der Waals surface area contributed by atoms with Crippen molar-refractivity contribution >= 4 is 5.91 Å². The number of rotatable bonds is 5. The molecule has 2 N–H and O–H groups in total. The Hall–Kier alpha value is -0.570. The Morgan fingerprint density at radius 1 is 1.33 bits per heavy atom. The van der Waals surface area contributed by atoms with Crippen molar-refractivity contribution in [3.05, 3.63) is 0 Å². The molecule has 1 amide bonds. The summed E-state index contributed by atoms with van der Waals surface area (Å²) in [6, 6.07) is 0.199. The summed E-state index contributed by atoms with van der Waals surface area (Å²) in [4.78, 5) is 13.9. The lowest BCUT2D eigenvalue weighted by Gasteiger charge is -2.30. The van der Waals surface area contributed by atoms with E-state index in [4.69, 9.17) is 5.73 Å². The highest BCUT2D eigenvalue weighted by molar-refractivity contribution is 5.81. The SMILES string of the molecule is CC[C@H](N)C(=O)N(C)C(C1CC1)C1CC1. The Morgan fingerprint density at radius 3 is 2.13 bits per heavy atom. The maximum atomic E-state index is 12.0. The maximum absolute atomic E-state index is 12.0. The number of carbonyl (C=O) groups excluding carboxylic acids is 1. The van der Waals surface area contributed by atoms with Crippen LogP contribution < -0.4 is 5.73 Å². The van der Waals surface area contributed by atoms with Crippen LogP contribution in [0.3, 0.4) is 0 Å². The van der Waals surface area contributed by atoms with Gasteiger partial charge in [-0.05, 0) is 43.9 Å². The summed E-state index contributed by atoms with van der Waals surface area (Å²) in [6.07, 6.45) is 5.96. The van der Waals surface area contributed by atoms with Crippen molar-refractivity contribution in [1.82, 2.24) is 4.90 Å². The number of hydrogen-bond acceptors (Lipinski definition) is 2. The second-order valence-corrected chi connectivity index (χ2v) is 5.13. The van der Waals surface area contributed by atoms with Crippen LogP contribution in [0.15, 0.2) is 0 Å². The van der Waals surface area contributed by atoms with Crippen LogP contribution in [0.25, 0.3) is 0 Å². The highest BCUT2D eigenvalue weighted by Crippen LogP contribution is 2.46. The third-order valence-electron chi connectivity index (χ3n) is 3.76. The fraction of sp³-hybridized carbons (Fsp3) is 0.917. The first kappa shape index (κ1) is 10.9. The minimum Gasteiger partial charge on any atom is -0.341 e. The number of likely N-dealkylation sites (N-methyl/N-ethyl adjacent to an activating group) is 1. The van der Waals surface area contributed by atoms with Crippen molar-refractivity contribution in [2.24, 2.45) is 17.6 Å². The first-order valence-corrected chi connectivity index (χ1v) is 6.17. The molecule has 0 bridgehead atoms. The predicted octanol–water partition coefficient (Wildman–Crippen LogP) is 1.37. The van der Waals surface area contributed by atoms with Crippen molar-refractivity contribution in [3.63, 3.8) is 0 Å². The summed E-state index contributed by atoms with van der Waals surface area (Å²) in [5, 5.41) is 0. The summed E-state index contributed by atoms with van der Waals surface area (Å²) >= 11 is 0.